The van der Waals surface area contributed by atoms with Crippen molar-refractivity contribution >= 4 is 40.5 Å². The molecule has 7 heteroatoms. The molecule has 4 aromatic rings. The van der Waals surface area contributed by atoms with Crippen LogP contribution in [0.1, 0.15) is 44.4 Å². The minimum Gasteiger partial charge on any atom is -0.507 e. The molecule has 0 spiro atoms. The largest absolute Gasteiger partial charge is 0.507 e. The predicted molar refractivity (Wildman–Crippen MR) is 185 cm³/mol. The summed E-state index contributed by atoms with van der Waals surface area (Å²) in [6.45, 7) is 4.76. The van der Waals surface area contributed by atoms with Gasteiger partial charge in [0.2, 0.25) is 11.8 Å². The maximum atomic E-state index is 14.1. The van der Waals surface area contributed by atoms with Crippen LogP contribution in [0.3, 0.4) is 0 Å². The summed E-state index contributed by atoms with van der Waals surface area (Å²) in [4.78, 5) is 34.1. The number of anilines is 3. The van der Waals surface area contributed by atoms with Gasteiger partial charge in [0.15, 0.2) is 0 Å². The number of carbonyl (C=O) groups excluding carboxylic acids is 2. The highest BCUT2D eigenvalue weighted by Gasteiger charge is 2.57. The van der Waals surface area contributed by atoms with Crippen molar-refractivity contribution in [1.82, 2.24) is 4.98 Å². The normalized spacial score (nSPS) is 22.5. The lowest BCUT2D eigenvalue weighted by molar-refractivity contribution is -0.122. The number of aromatic nitrogens is 1. The molecule has 2 N–H and O–H groups in total. The number of rotatable bonds is 9. The van der Waals surface area contributed by atoms with Gasteiger partial charge in [-0.15, -0.1) is 0 Å². The van der Waals surface area contributed by atoms with Crippen molar-refractivity contribution in [2.75, 3.05) is 16.8 Å². The van der Waals surface area contributed by atoms with E-state index >= 15 is 0 Å². The van der Waals surface area contributed by atoms with Gasteiger partial charge in [0.25, 0.3) is 0 Å². The average molecular weight is 626 g/mol. The summed E-state index contributed by atoms with van der Waals surface area (Å²) >= 11 is 0. The van der Waals surface area contributed by atoms with E-state index < -0.39 is 5.92 Å². The summed E-state index contributed by atoms with van der Waals surface area (Å²) in [5.74, 6) is -0.749. The number of benzene rings is 3. The van der Waals surface area contributed by atoms with Crippen molar-refractivity contribution in [3.05, 3.63) is 126 Å². The molecule has 7 rings (SSSR count). The van der Waals surface area contributed by atoms with Gasteiger partial charge in [0.1, 0.15) is 5.75 Å². The molecular formula is C40H39N3O4. The molecule has 7 nitrogen and oxygen atoms in total. The number of pyridine rings is 1. The second kappa shape index (κ2) is 13.0. The fourth-order valence-electron chi connectivity index (χ4n) is 7.51. The first-order valence-electron chi connectivity index (χ1n) is 16.4. The minimum absolute atomic E-state index is 0.118. The molecule has 3 aliphatic rings. The molecule has 1 aliphatic carbocycles. The van der Waals surface area contributed by atoms with Gasteiger partial charge in [-0.3, -0.25) is 19.5 Å². The molecule has 2 fully saturated rings. The lowest BCUT2D eigenvalue weighted by atomic mass is 9.67. The monoisotopic (exact) mass is 625 g/mol. The van der Waals surface area contributed by atoms with E-state index in [4.69, 9.17) is 4.74 Å². The van der Waals surface area contributed by atoms with Crippen molar-refractivity contribution in [2.45, 2.75) is 39.2 Å². The molecule has 0 saturated carbocycles. The zero-order chi connectivity index (χ0) is 32.5. The molecule has 3 aromatic carbocycles. The van der Waals surface area contributed by atoms with Crippen LogP contribution in [-0.2, 0) is 14.3 Å². The first-order valence-corrected chi connectivity index (χ1v) is 16.4. The number of phenolic OH excluding ortho intramolecular Hbond substituents is 1. The zero-order valence-electron chi connectivity index (χ0n) is 26.7. The topological polar surface area (TPSA) is 91.8 Å². The highest BCUT2D eigenvalue weighted by Crippen LogP contribution is 2.52. The van der Waals surface area contributed by atoms with Gasteiger partial charge in [0.05, 0.1) is 35.9 Å². The zero-order valence-corrected chi connectivity index (χ0v) is 26.7. The van der Waals surface area contributed by atoms with Gasteiger partial charge in [-0.25, -0.2) is 0 Å². The number of hydrogen-bond donors (Lipinski definition) is 2. The van der Waals surface area contributed by atoms with Crippen LogP contribution in [0.15, 0.2) is 114 Å². The van der Waals surface area contributed by atoms with Crippen LogP contribution in [0.5, 0.6) is 5.75 Å². The molecule has 4 atom stereocenters. The quantitative estimate of drug-likeness (QED) is 0.145. The Bertz CT molecular complexity index is 1830. The molecule has 0 unspecified atom stereocenters. The Balaban J connectivity index is 1.13. The van der Waals surface area contributed by atoms with Crippen molar-refractivity contribution in [3.63, 3.8) is 0 Å². The number of phenols is 1. The van der Waals surface area contributed by atoms with Crippen molar-refractivity contribution in [3.8, 4) is 5.75 Å². The van der Waals surface area contributed by atoms with Gasteiger partial charge >= 0.3 is 0 Å². The van der Waals surface area contributed by atoms with Crippen LogP contribution >= 0.6 is 0 Å². The fourth-order valence-corrected chi connectivity index (χ4v) is 7.51. The highest BCUT2D eigenvalue weighted by molar-refractivity contribution is 6.22. The number of ether oxygens (including phenoxy) is 1. The maximum Gasteiger partial charge on any atom is 0.238 e. The second-order valence-electron chi connectivity index (χ2n) is 12.9. The molecule has 2 saturated heterocycles. The third-order valence-electron chi connectivity index (χ3n) is 9.77. The Kier molecular flexibility index (Phi) is 8.48. The number of allylic oxidation sites excluding steroid dienone is 2. The number of aromatic hydroxyl groups is 1. The summed E-state index contributed by atoms with van der Waals surface area (Å²) in [5.41, 5.74) is 7.49. The van der Waals surface area contributed by atoms with Gasteiger partial charge in [-0.1, -0.05) is 61.9 Å². The van der Waals surface area contributed by atoms with E-state index in [1.165, 1.54) is 16.0 Å². The maximum absolute atomic E-state index is 14.1. The van der Waals surface area contributed by atoms with E-state index in [0.717, 1.165) is 28.2 Å². The Morgan fingerprint density at radius 2 is 1.64 bits per heavy atom. The molecule has 2 amide bonds. The number of amides is 2. The summed E-state index contributed by atoms with van der Waals surface area (Å²) in [6, 6.07) is 30.5. The lowest BCUT2D eigenvalue weighted by Gasteiger charge is -2.33. The number of nitrogens with one attached hydrogen (secondary N) is 1. The van der Waals surface area contributed by atoms with E-state index in [-0.39, 0.29) is 41.4 Å². The van der Waals surface area contributed by atoms with E-state index in [9.17, 15) is 14.7 Å². The molecular weight excluding hydrogens is 586 g/mol. The summed E-state index contributed by atoms with van der Waals surface area (Å²) < 4.78 is 6.50. The van der Waals surface area contributed by atoms with Crippen LogP contribution in [0.4, 0.5) is 17.1 Å². The smallest absolute Gasteiger partial charge is 0.238 e. The molecule has 2 aliphatic heterocycles. The van der Waals surface area contributed by atoms with Crippen LogP contribution < -0.4 is 10.2 Å². The second-order valence-corrected chi connectivity index (χ2v) is 12.9. The van der Waals surface area contributed by atoms with E-state index in [0.29, 0.717) is 31.6 Å². The molecule has 1 aromatic heterocycles. The van der Waals surface area contributed by atoms with Gasteiger partial charge < -0.3 is 15.2 Å². The fraction of sp³-hybridized carbons (Fsp3) is 0.275. The SMILES string of the molecule is CC(C)C1=C2[C@@H](CC/C(=C/c3ccccc3O)c3ccccn3)OC[C@@H]2[C@@H]2C(=O)N(c3ccc(Nc4ccccc4)cc3)C(=O)[C@@H]2C1. The molecule has 3 heterocycles. The number of nitrogens with zero attached hydrogens (tertiary/aromatic N) is 2. The first-order chi connectivity index (χ1) is 22.9. The average Bonchev–Trinajstić information content (AvgIpc) is 3.62. The molecule has 238 valence electrons. The first kappa shape index (κ1) is 30.6. The third-order valence-corrected chi connectivity index (χ3v) is 9.77. The lowest BCUT2D eigenvalue weighted by Crippen LogP contribution is -2.35. The molecule has 0 radical (unpaired) electrons. The number of fused-ring (bicyclic) bond motifs is 3. The van der Waals surface area contributed by atoms with Crippen LogP contribution in [0.25, 0.3) is 11.6 Å². The van der Waals surface area contributed by atoms with E-state index in [1.54, 1.807) is 12.3 Å². The van der Waals surface area contributed by atoms with Gasteiger partial charge in [0, 0.05) is 29.1 Å². The van der Waals surface area contributed by atoms with Crippen molar-refractivity contribution in [1.29, 1.82) is 0 Å². The van der Waals surface area contributed by atoms with Crippen molar-refractivity contribution < 1.29 is 19.4 Å². The minimum atomic E-state index is -0.431. The Morgan fingerprint density at radius 1 is 0.915 bits per heavy atom. The van der Waals surface area contributed by atoms with Gasteiger partial charge in [-0.05, 0) is 97.0 Å². The number of imide groups is 1. The number of para-hydroxylation sites is 2. The summed E-state index contributed by atoms with van der Waals surface area (Å²) in [7, 11) is 0. The Labute approximate surface area is 275 Å². The predicted octanol–water partition coefficient (Wildman–Crippen LogP) is 8.03. The Morgan fingerprint density at radius 3 is 2.36 bits per heavy atom. The number of carbonyl (C=O) groups is 2. The molecule has 47 heavy (non-hydrogen) atoms. The third kappa shape index (κ3) is 5.99. The van der Waals surface area contributed by atoms with E-state index in [2.05, 4.69) is 24.1 Å². The van der Waals surface area contributed by atoms with Crippen LogP contribution in [0, 0.1) is 23.7 Å². The summed E-state index contributed by atoms with van der Waals surface area (Å²) in [5, 5.41) is 13.8. The van der Waals surface area contributed by atoms with E-state index in [1.807, 2.05) is 97.1 Å². The molecule has 0 bridgehead atoms. The standard InChI is InChI=1S/C40H39N3O4/c1-25(2)31-23-32-38(40(46)43(39(32)45)30-18-16-29(17-19-30)42-28-11-4-3-5-12-28)33-24-47-36(37(31)33)20-15-26(34-13-8-9-21-41-34)22-27-10-6-7-14-35(27)44/h3-14,16-19,21-22,25,32-33,36,38,42,44H,15,20,23-24H2,1-2H3/b26-22-/t32-,33+,36-,38-/m1/s1. The van der Waals surface area contributed by atoms with Crippen LogP contribution in [-0.4, -0.2) is 34.6 Å². The van der Waals surface area contributed by atoms with Crippen LogP contribution in [0.2, 0.25) is 0 Å². The van der Waals surface area contributed by atoms with Crippen molar-refractivity contribution in [2.24, 2.45) is 23.7 Å². The highest BCUT2D eigenvalue weighted by atomic mass is 16.5. The van der Waals surface area contributed by atoms with Gasteiger partial charge in [-0.2, -0.15) is 0 Å². The Hall–Kier alpha value is -5.01. The number of hydrogen-bond acceptors (Lipinski definition) is 6. The summed E-state index contributed by atoms with van der Waals surface area (Å²) in [6.07, 6.45) is 5.57.